The van der Waals surface area contributed by atoms with E-state index in [0.717, 1.165) is 19.4 Å². The van der Waals surface area contributed by atoms with Crippen LogP contribution in [0.15, 0.2) is 24.3 Å². The summed E-state index contributed by atoms with van der Waals surface area (Å²) in [6.45, 7) is 6.76. The summed E-state index contributed by atoms with van der Waals surface area (Å²) in [6, 6.07) is 8.77. The summed E-state index contributed by atoms with van der Waals surface area (Å²) in [6.07, 6.45) is 2.33. The number of hydrogen-bond acceptors (Lipinski definition) is 1. The number of amides is 2. The maximum Gasteiger partial charge on any atom is 0.315 e. The molecule has 0 radical (unpaired) electrons. The van der Waals surface area contributed by atoms with Crippen molar-refractivity contribution in [2.24, 2.45) is 0 Å². The second-order valence-electron chi connectivity index (χ2n) is 5.63. The predicted octanol–water partition coefficient (Wildman–Crippen LogP) is 2.73. The highest BCUT2D eigenvalue weighted by Gasteiger charge is 2.44. The minimum atomic E-state index is -0.0663. The molecule has 1 aliphatic rings. The van der Waals surface area contributed by atoms with E-state index in [1.54, 1.807) is 0 Å². The van der Waals surface area contributed by atoms with Gasteiger partial charge in [-0.15, -0.1) is 0 Å². The number of carbonyl (C=O) groups excluding carboxylic acids is 1. The lowest BCUT2D eigenvalue weighted by molar-refractivity contribution is 0.237. The summed E-state index contributed by atoms with van der Waals surface area (Å²) in [5, 5.41) is 5.83. The van der Waals surface area contributed by atoms with Gasteiger partial charge in [0.25, 0.3) is 0 Å². The Hall–Kier alpha value is -1.51. The van der Waals surface area contributed by atoms with Crippen LogP contribution in [0.2, 0.25) is 0 Å². The SMILES string of the molecule is Cc1ccc(C2(CNC(=O)NC(C)C)CC2)cc1. The molecule has 1 aromatic carbocycles. The summed E-state index contributed by atoms with van der Waals surface area (Å²) in [5.74, 6) is 0. The van der Waals surface area contributed by atoms with Gasteiger partial charge in [0.15, 0.2) is 0 Å². The fraction of sp³-hybridized carbons (Fsp3) is 0.533. The van der Waals surface area contributed by atoms with Crippen molar-refractivity contribution in [3.8, 4) is 0 Å². The van der Waals surface area contributed by atoms with E-state index in [1.807, 2.05) is 13.8 Å². The van der Waals surface area contributed by atoms with Crippen LogP contribution in [0.3, 0.4) is 0 Å². The topological polar surface area (TPSA) is 41.1 Å². The fourth-order valence-corrected chi connectivity index (χ4v) is 2.19. The second kappa shape index (κ2) is 5.01. The summed E-state index contributed by atoms with van der Waals surface area (Å²) in [4.78, 5) is 11.6. The van der Waals surface area contributed by atoms with Crippen molar-refractivity contribution in [1.82, 2.24) is 10.6 Å². The van der Waals surface area contributed by atoms with Gasteiger partial charge in [-0.2, -0.15) is 0 Å². The van der Waals surface area contributed by atoms with Gasteiger partial charge in [0, 0.05) is 18.0 Å². The quantitative estimate of drug-likeness (QED) is 0.842. The van der Waals surface area contributed by atoms with E-state index in [2.05, 4.69) is 41.8 Å². The van der Waals surface area contributed by atoms with Gasteiger partial charge in [0.05, 0.1) is 0 Å². The van der Waals surface area contributed by atoms with E-state index in [9.17, 15) is 4.79 Å². The van der Waals surface area contributed by atoms with Crippen LogP contribution in [-0.2, 0) is 5.41 Å². The summed E-state index contributed by atoms with van der Waals surface area (Å²) in [7, 11) is 0. The Balaban J connectivity index is 1.92. The molecular weight excluding hydrogens is 224 g/mol. The molecule has 0 bridgehead atoms. The molecule has 2 N–H and O–H groups in total. The van der Waals surface area contributed by atoms with Crippen LogP contribution in [0.4, 0.5) is 4.79 Å². The second-order valence-corrected chi connectivity index (χ2v) is 5.63. The van der Waals surface area contributed by atoms with E-state index >= 15 is 0 Å². The van der Waals surface area contributed by atoms with Crippen LogP contribution in [-0.4, -0.2) is 18.6 Å². The van der Waals surface area contributed by atoms with Crippen molar-refractivity contribution >= 4 is 6.03 Å². The first-order valence-electron chi connectivity index (χ1n) is 6.63. The molecule has 0 atom stereocenters. The van der Waals surface area contributed by atoms with Gasteiger partial charge in [-0.25, -0.2) is 4.79 Å². The van der Waals surface area contributed by atoms with Crippen LogP contribution >= 0.6 is 0 Å². The third-order valence-corrected chi connectivity index (χ3v) is 3.52. The normalized spacial score (nSPS) is 16.4. The zero-order valence-electron chi connectivity index (χ0n) is 11.4. The molecule has 0 aliphatic heterocycles. The van der Waals surface area contributed by atoms with Crippen LogP contribution in [0, 0.1) is 6.92 Å². The Morgan fingerprint density at radius 2 is 1.89 bits per heavy atom. The minimum Gasteiger partial charge on any atom is -0.337 e. The Morgan fingerprint density at radius 3 is 2.39 bits per heavy atom. The zero-order valence-corrected chi connectivity index (χ0v) is 11.4. The number of hydrogen-bond donors (Lipinski definition) is 2. The number of nitrogens with one attached hydrogen (secondary N) is 2. The first-order valence-corrected chi connectivity index (χ1v) is 6.63. The Morgan fingerprint density at radius 1 is 1.28 bits per heavy atom. The molecule has 98 valence electrons. The summed E-state index contributed by atoms with van der Waals surface area (Å²) >= 11 is 0. The molecule has 2 amide bonds. The van der Waals surface area contributed by atoms with Gasteiger partial charge in [0.2, 0.25) is 0 Å². The number of aryl methyl sites for hydroxylation is 1. The third kappa shape index (κ3) is 3.03. The maximum atomic E-state index is 11.6. The van der Waals surface area contributed by atoms with Crippen molar-refractivity contribution in [2.75, 3.05) is 6.54 Å². The van der Waals surface area contributed by atoms with Crippen LogP contribution in [0.25, 0.3) is 0 Å². The highest BCUT2D eigenvalue weighted by atomic mass is 16.2. The average Bonchev–Trinajstić information content (AvgIpc) is 3.08. The van der Waals surface area contributed by atoms with Gasteiger partial charge in [-0.3, -0.25) is 0 Å². The van der Waals surface area contributed by atoms with Crippen molar-refractivity contribution < 1.29 is 4.79 Å². The lowest BCUT2D eigenvalue weighted by Gasteiger charge is -2.18. The lowest BCUT2D eigenvalue weighted by atomic mass is 9.95. The number of urea groups is 1. The molecule has 0 aromatic heterocycles. The molecule has 1 aliphatic carbocycles. The molecular formula is C15H22N2O. The standard InChI is InChI=1S/C15H22N2O/c1-11(2)17-14(18)16-10-15(8-9-15)13-6-4-12(3)5-7-13/h4-7,11H,8-10H2,1-3H3,(H2,16,17,18). The molecule has 0 unspecified atom stereocenters. The maximum absolute atomic E-state index is 11.6. The van der Waals surface area contributed by atoms with Crippen LogP contribution in [0.5, 0.6) is 0 Å². The highest BCUT2D eigenvalue weighted by molar-refractivity contribution is 5.74. The number of carbonyl (C=O) groups is 1. The van der Waals surface area contributed by atoms with E-state index in [4.69, 9.17) is 0 Å². The predicted molar refractivity (Wildman–Crippen MR) is 73.8 cm³/mol. The van der Waals surface area contributed by atoms with Gasteiger partial charge in [0.1, 0.15) is 0 Å². The molecule has 1 fully saturated rings. The van der Waals surface area contributed by atoms with Gasteiger partial charge in [-0.05, 0) is 39.2 Å². The van der Waals surface area contributed by atoms with Gasteiger partial charge < -0.3 is 10.6 Å². The first-order chi connectivity index (χ1) is 8.52. The zero-order chi connectivity index (χ0) is 13.2. The first kappa shape index (κ1) is 12.9. The molecule has 0 spiro atoms. The van der Waals surface area contributed by atoms with Gasteiger partial charge in [-0.1, -0.05) is 29.8 Å². The summed E-state index contributed by atoms with van der Waals surface area (Å²) < 4.78 is 0. The Kier molecular flexibility index (Phi) is 3.60. The fourth-order valence-electron chi connectivity index (χ4n) is 2.19. The molecule has 18 heavy (non-hydrogen) atoms. The van der Waals surface area contributed by atoms with Crippen molar-refractivity contribution in [1.29, 1.82) is 0 Å². The van der Waals surface area contributed by atoms with Gasteiger partial charge >= 0.3 is 6.03 Å². The third-order valence-electron chi connectivity index (χ3n) is 3.52. The van der Waals surface area contributed by atoms with Crippen LogP contribution < -0.4 is 10.6 Å². The smallest absolute Gasteiger partial charge is 0.315 e. The van der Waals surface area contributed by atoms with E-state index in [-0.39, 0.29) is 17.5 Å². The highest BCUT2D eigenvalue weighted by Crippen LogP contribution is 2.47. The van der Waals surface area contributed by atoms with E-state index < -0.39 is 0 Å². The monoisotopic (exact) mass is 246 g/mol. The number of rotatable bonds is 4. The Labute approximate surface area is 109 Å². The molecule has 3 nitrogen and oxygen atoms in total. The number of benzene rings is 1. The minimum absolute atomic E-state index is 0.0663. The van der Waals surface area contributed by atoms with Crippen molar-refractivity contribution in [2.45, 2.75) is 45.1 Å². The molecule has 3 heteroatoms. The average molecular weight is 246 g/mol. The van der Waals surface area contributed by atoms with Crippen molar-refractivity contribution in [3.63, 3.8) is 0 Å². The molecule has 1 saturated carbocycles. The molecule has 2 rings (SSSR count). The van der Waals surface area contributed by atoms with Crippen molar-refractivity contribution in [3.05, 3.63) is 35.4 Å². The Bertz CT molecular complexity index is 419. The molecule has 0 heterocycles. The van der Waals surface area contributed by atoms with E-state index in [0.29, 0.717) is 0 Å². The lowest BCUT2D eigenvalue weighted by Crippen LogP contribution is -2.42. The largest absolute Gasteiger partial charge is 0.337 e. The molecule has 1 aromatic rings. The van der Waals surface area contributed by atoms with Crippen LogP contribution in [0.1, 0.15) is 37.8 Å². The summed E-state index contributed by atoms with van der Waals surface area (Å²) in [5.41, 5.74) is 2.81. The van der Waals surface area contributed by atoms with E-state index in [1.165, 1.54) is 11.1 Å². The molecule has 0 saturated heterocycles.